The first-order chi connectivity index (χ1) is 9.13. The quantitative estimate of drug-likeness (QED) is 0.586. The fraction of sp³-hybridized carbons (Fsp3) is 0.357. The molecule has 0 saturated heterocycles. The molecule has 0 amide bonds. The van der Waals surface area contributed by atoms with Gasteiger partial charge < -0.3 is 20.0 Å². The maximum Gasteiger partial charge on any atom is 0.365 e. The Morgan fingerprint density at radius 1 is 1.47 bits per heavy atom. The van der Waals surface area contributed by atoms with Crippen molar-refractivity contribution >= 4 is 16.9 Å². The van der Waals surface area contributed by atoms with Crippen LogP contribution in [0.25, 0.3) is 10.9 Å². The molecule has 1 aromatic heterocycles. The molecule has 0 aliphatic carbocycles. The highest BCUT2D eigenvalue weighted by Crippen LogP contribution is 2.29. The summed E-state index contributed by atoms with van der Waals surface area (Å²) < 4.78 is 4.74. The summed E-state index contributed by atoms with van der Waals surface area (Å²) in [4.78, 5) is 15.0. The molecular formula is C14H16N2O3. The van der Waals surface area contributed by atoms with Gasteiger partial charge in [0.1, 0.15) is 6.04 Å². The van der Waals surface area contributed by atoms with Gasteiger partial charge in [0.05, 0.1) is 12.8 Å². The van der Waals surface area contributed by atoms with E-state index < -0.39 is 12.0 Å². The number of benzene rings is 1. The Morgan fingerprint density at radius 2 is 2.21 bits per heavy atom. The summed E-state index contributed by atoms with van der Waals surface area (Å²) in [6.45, 7) is 1.84. The number of carbonyl (C=O) groups is 1. The van der Waals surface area contributed by atoms with E-state index in [1.54, 1.807) is 0 Å². The first-order valence-corrected chi connectivity index (χ1v) is 6.34. The van der Waals surface area contributed by atoms with Crippen molar-refractivity contribution in [3.05, 3.63) is 40.7 Å². The Morgan fingerprint density at radius 3 is 2.95 bits per heavy atom. The second kappa shape index (κ2) is 4.36. The third kappa shape index (κ3) is 1.74. The first-order valence-electron chi connectivity index (χ1n) is 6.34. The van der Waals surface area contributed by atoms with E-state index in [0.717, 1.165) is 22.2 Å². The van der Waals surface area contributed by atoms with Gasteiger partial charge in [-0.3, -0.25) is 0 Å². The number of fused-ring (bicyclic) bond motifs is 3. The van der Waals surface area contributed by atoms with E-state index in [1.165, 1.54) is 7.11 Å². The van der Waals surface area contributed by atoms with E-state index in [-0.39, 0.29) is 11.1 Å². The van der Waals surface area contributed by atoms with Crippen LogP contribution in [0.15, 0.2) is 24.3 Å². The lowest BCUT2D eigenvalue weighted by Crippen LogP contribution is -3.13. The van der Waals surface area contributed by atoms with Gasteiger partial charge in [-0.25, -0.2) is 4.79 Å². The average molecular weight is 260 g/mol. The minimum atomic E-state index is -0.674. The SMILES string of the molecule is COC(=O)C1Cc2c([nH]c3ccccc23)C(C)[NH+]1[O-]. The molecule has 1 aliphatic heterocycles. The molecule has 3 rings (SSSR count). The minimum Gasteiger partial charge on any atom is -0.633 e. The molecule has 2 aromatic rings. The number of methoxy groups -OCH3 is 1. The number of ether oxygens (including phenoxy) is 1. The maximum atomic E-state index is 12.2. The van der Waals surface area contributed by atoms with Gasteiger partial charge >= 0.3 is 5.97 Å². The van der Waals surface area contributed by atoms with Gasteiger partial charge in [0.25, 0.3) is 0 Å². The van der Waals surface area contributed by atoms with Gasteiger partial charge in [-0.1, -0.05) is 18.2 Å². The van der Waals surface area contributed by atoms with Crippen molar-refractivity contribution in [2.45, 2.75) is 25.4 Å². The Hall–Kier alpha value is -1.85. The Kier molecular flexibility index (Phi) is 2.80. The highest BCUT2D eigenvalue weighted by molar-refractivity contribution is 5.86. The summed E-state index contributed by atoms with van der Waals surface area (Å²) in [5, 5.41) is 13.3. The van der Waals surface area contributed by atoms with Gasteiger partial charge in [0.2, 0.25) is 0 Å². The summed E-state index contributed by atoms with van der Waals surface area (Å²) in [5.74, 6) is -0.437. The first kappa shape index (κ1) is 12.2. The van der Waals surface area contributed by atoms with Crippen molar-refractivity contribution in [2.24, 2.45) is 0 Å². The van der Waals surface area contributed by atoms with Crippen LogP contribution in [0.1, 0.15) is 24.2 Å². The number of quaternary nitrogens is 1. The molecule has 2 N–H and O–H groups in total. The molecule has 3 unspecified atom stereocenters. The van der Waals surface area contributed by atoms with Crippen LogP contribution in [0.3, 0.4) is 0 Å². The number of hydrogen-bond acceptors (Lipinski definition) is 3. The summed E-state index contributed by atoms with van der Waals surface area (Å²) in [5.41, 5.74) is 3.02. The number of nitrogens with one attached hydrogen (secondary N) is 2. The summed E-state index contributed by atoms with van der Waals surface area (Å²) in [7, 11) is 1.32. The zero-order valence-electron chi connectivity index (χ0n) is 10.9. The van der Waals surface area contributed by atoms with Crippen LogP contribution in [0.2, 0.25) is 0 Å². The predicted octanol–water partition coefficient (Wildman–Crippen LogP) is 0.709. The average Bonchev–Trinajstić information content (AvgIpc) is 2.81. The molecule has 100 valence electrons. The van der Waals surface area contributed by atoms with Crippen molar-refractivity contribution < 1.29 is 14.6 Å². The van der Waals surface area contributed by atoms with Crippen molar-refractivity contribution in [3.8, 4) is 0 Å². The molecule has 0 radical (unpaired) electrons. The smallest absolute Gasteiger partial charge is 0.365 e. The lowest BCUT2D eigenvalue weighted by Gasteiger charge is -2.38. The Balaban J connectivity index is 2.13. The topological polar surface area (TPSA) is 69.6 Å². The van der Waals surface area contributed by atoms with Gasteiger partial charge in [-0.15, -0.1) is 0 Å². The number of aromatic nitrogens is 1. The number of hydrogen-bond donors (Lipinski definition) is 2. The van der Waals surface area contributed by atoms with Crippen LogP contribution in [0, 0.1) is 5.21 Å². The monoisotopic (exact) mass is 260 g/mol. The lowest BCUT2D eigenvalue weighted by atomic mass is 9.94. The van der Waals surface area contributed by atoms with Crippen molar-refractivity contribution in [1.82, 2.24) is 4.98 Å². The van der Waals surface area contributed by atoms with Crippen molar-refractivity contribution in [1.29, 1.82) is 0 Å². The number of aromatic amines is 1. The number of carbonyl (C=O) groups excluding carboxylic acids is 1. The summed E-state index contributed by atoms with van der Waals surface area (Å²) >= 11 is 0. The number of esters is 1. The van der Waals surface area contributed by atoms with Crippen molar-refractivity contribution in [2.75, 3.05) is 7.11 Å². The molecule has 0 fully saturated rings. The Labute approximate surface area is 110 Å². The zero-order valence-corrected chi connectivity index (χ0v) is 10.9. The van der Waals surface area contributed by atoms with Gasteiger partial charge in [-0.05, 0) is 18.6 Å². The molecule has 0 saturated carbocycles. The molecular weight excluding hydrogens is 244 g/mol. The number of H-pyrrole nitrogens is 1. The van der Waals surface area contributed by atoms with Gasteiger partial charge in [0, 0.05) is 17.3 Å². The molecule has 1 aliphatic rings. The number of rotatable bonds is 1. The van der Waals surface area contributed by atoms with Crippen LogP contribution in [0.5, 0.6) is 0 Å². The Bertz CT molecular complexity index is 635. The van der Waals surface area contributed by atoms with E-state index in [1.807, 2.05) is 31.2 Å². The maximum absolute atomic E-state index is 12.2. The summed E-state index contributed by atoms with van der Waals surface area (Å²) in [6.07, 6.45) is 0.426. The number of para-hydroxylation sites is 1. The number of hydroxylamine groups is 2. The second-order valence-electron chi connectivity index (χ2n) is 4.97. The highest BCUT2D eigenvalue weighted by atomic mass is 16.5. The van der Waals surface area contributed by atoms with Gasteiger partial charge in [-0.2, -0.15) is 0 Å². The van der Waals surface area contributed by atoms with E-state index >= 15 is 0 Å². The molecule has 2 heterocycles. The molecule has 3 atom stereocenters. The fourth-order valence-electron chi connectivity index (χ4n) is 2.90. The lowest BCUT2D eigenvalue weighted by molar-refractivity contribution is -0.899. The molecule has 5 nitrogen and oxygen atoms in total. The minimum absolute atomic E-state index is 0.0640. The fourth-order valence-corrected chi connectivity index (χ4v) is 2.90. The highest BCUT2D eigenvalue weighted by Gasteiger charge is 2.38. The molecule has 19 heavy (non-hydrogen) atoms. The van der Waals surface area contributed by atoms with Crippen LogP contribution < -0.4 is 5.06 Å². The van der Waals surface area contributed by atoms with Crippen LogP contribution in [-0.2, 0) is 16.0 Å². The standard InChI is InChI=1S/C14H16N2O3/c1-8-13-10(7-12(16(8)18)14(17)19-2)9-5-3-4-6-11(9)15-13/h3-6,8,12,15-16H,7H2,1-2H3. The van der Waals surface area contributed by atoms with E-state index in [0.29, 0.717) is 6.42 Å². The van der Waals surface area contributed by atoms with Crippen LogP contribution >= 0.6 is 0 Å². The summed E-state index contributed by atoms with van der Waals surface area (Å²) in [6, 6.07) is 6.95. The van der Waals surface area contributed by atoms with E-state index in [2.05, 4.69) is 4.98 Å². The second-order valence-corrected chi connectivity index (χ2v) is 4.97. The molecule has 1 aromatic carbocycles. The largest absolute Gasteiger partial charge is 0.633 e. The molecule has 0 spiro atoms. The third-order valence-corrected chi connectivity index (χ3v) is 3.94. The molecule has 0 bridgehead atoms. The molecule has 5 heteroatoms. The van der Waals surface area contributed by atoms with Gasteiger partial charge in [0.15, 0.2) is 6.04 Å². The van der Waals surface area contributed by atoms with Crippen molar-refractivity contribution in [3.63, 3.8) is 0 Å². The van der Waals surface area contributed by atoms with Crippen LogP contribution in [0.4, 0.5) is 0 Å². The van der Waals surface area contributed by atoms with E-state index in [9.17, 15) is 10.0 Å². The predicted molar refractivity (Wildman–Crippen MR) is 70.6 cm³/mol. The van der Waals surface area contributed by atoms with E-state index in [4.69, 9.17) is 4.74 Å². The van der Waals surface area contributed by atoms with Crippen LogP contribution in [-0.4, -0.2) is 24.1 Å². The normalized spacial score (nSPS) is 26.2. The zero-order chi connectivity index (χ0) is 13.6. The third-order valence-electron chi connectivity index (χ3n) is 3.94.